The molecule has 8 aromatic rings. The SMILES string of the molecule is c1ccc(-c2ccc(N(c3ccc(-c4ccccc4)cc3)c3ccc(-c4c5c(c(-c6ccccc6)c6c4CCCC6)CCCC5)c4ccccc34)cc2)cc1. The van der Waals surface area contributed by atoms with Crippen LogP contribution < -0.4 is 4.90 Å². The minimum atomic E-state index is 1.15. The molecule has 0 fully saturated rings. The largest absolute Gasteiger partial charge is 0.310 e. The van der Waals surface area contributed by atoms with Crippen molar-refractivity contribution in [2.75, 3.05) is 4.90 Å². The van der Waals surface area contributed by atoms with E-state index < -0.39 is 0 Å². The molecule has 0 bridgehead atoms. The van der Waals surface area contributed by atoms with Gasteiger partial charge in [0, 0.05) is 16.8 Å². The van der Waals surface area contributed by atoms with Crippen LogP contribution in [0.5, 0.6) is 0 Å². The van der Waals surface area contributed by atoms with Crippen molar-refractivity contribution in [1.29, 1.82) is 0 Å². The van der Waals surface area contributed by atoms with Crippen LogP contribution in [0.2, 0.25) is 0 Å². The van der Waals surface area contributed by atoms with E-state index in [-0.39, 0.29) is 0 Å². The van der Waals surface area contributed by atoms with E-state index in [0.717, 1.165) is 24.2 Å². The summed E-state index contributed by atoms with van der Waals surface area (Å²) in [6.07, 6.45) is 9.70. The first-order valence-corrected chi connectivity index (χ1v) is 20.2. The number of benzene rings is 8. The summed E-state index contributed by atoms with van der Waals surface area (Å²) in [6, 6.07) is 64.9. The van der Waals surface area contributed by atoms with Gasteiger partial charge in [0.05, 0.1) is 5.69 Å². The summed E-state index contributed by atoms with van der Waals surface area (Å²) >= 11 is 0. The van der Waals surface area contributed by atoms with E-state index in [9.17, 15) is 0 Å². The number of hydrogen-bond donors (Lipinski definition) is 0. The Morgan fingerprint density at radius 3 is 1.15 bits per heavy atom. The standard InChI is InChI=1S/C54H45N/c1-4-16-38(17-5-1)40-28-32-43(33-29-40)55(44-34-30-41(31-35-44)39-18-6-2-7-19-39)52-37-36-51(45-22-10-11-23-46(45)52)54-49-26-14-12-24-47(49)53(42-20-8-3-9-21-42)48-25-13-15-27-50(48)54/h1-11,16-23,28-37H,12-15,24-27H2. The number of fused-ring (bicyclic) bond motifs is 3. The maximum absolute atomic E-state index is 2.46. The summed E-state index contributed by atoms with van der Waals surface area (Å²) in [7, 11) is 0. The van der Waals surface area contributed by atoms with Crippen molar-refractivity contribution in [3.05, 3.63) is 198 Å². The van der Waals surface area contributed by atoms with Gasteiger partial charge in [-0.15, -0.1) is 0 Å². The minimum absolute atomic E-state index is 1.15. The number of nitrogens with zero attached hydrogens (tertiary/aromatic N) is 1. The average Bonchev–Trinajstić information content (AvgIpc) is 3.27. The molecule has 1 nitrogen and oxygen atoms in total. The van der Waals surface area contributed by atoms with E-state index in [1.165, 1.54) is 93.9 Å². The quantitative estimate of drug-likeness (QED) is 0.159. The summed E-state index contributed by atoms with van der Waals surface area (Å²) in [5.41, 5.74) is 20.7. The van der Waals surface area contributed by atoms with Gasteiger partial charge in [0.25, 0.3) is 0 Å². The lowest BCUT2D eigenvalue weighted by atomic mass is 9.72. The van der Waals surface area contributed by atoms with Gasteiger partial charge in [-0.25, -0.2) is 0 Å². The average molecular weight is 708 g/mol. The van der Waals surface area contributed by atoms with Gasteiger partial charge in [0.2, 0.25) is 0 Å². The van der Waals surface area contributed by atoms with E-state index in [4.69, 9.17) is 0 Å². The molecule has 55 heavy (non-hydrogen) atoms. The van der Waals surface area contributed by atoms with Crippen LogP contribution in [0.25, 0.3) is 55.3 Å². The van der Waals surface area contributed by atoms with Gasteiger partial charge in [-0.3, -0.25) is 0 Å². The topological polar surface area (TPSA) is 3.24 Å². The first-order chi connectivity index (χ1) is 27.3. The fourth-order valence-electron chi connectivity index (χ4n) is 9.55. The molecule has 0 heterocycles. The Hall–Kier alpha value is -6.18. The summed E-state index contributed by atoms with van der Waals surface area (Å²) < 4.78 is 0. The highest BCUT2D eigenvalue weighted by Gasteiger charge is 2.29. The van der Waals surface area contributed by atoms with Crippen LogP contribution >= 0.6 is 0 Å². The number of hydrogen-bond acceptors (Lipinski definition) is 1. The van der Waals surface area contributed by atoms with Crippen molar-refractivity contribution in [3.63, 3.8) is 0 Å². The van der Waals surface area contributed by atoms with Crippen LogP contribution in [-0.4, -0.2) is 0 Å². The van der Waals surface area contributed by atoms with Crippen LogP contribution in [0.3, 0.4) is 0 Å². The highest BCUT2D eigenvalue weighted by Crippen LogP contribution is 2.49. The highest BCUT2D eigenvalue weighted by atomic mass is 15.1. The monoisotopic (exact) mass is 707 g/mol. The molecule has 0 saturated carbocycles. The molecule has 1 heteroatoms. The van der Waals surface area contributed by atoms with E-state index >= 15 is 0 Å². The maximum atomic E-state index is 2.46. The van der Waals surface area contributed by atoms with E-state index in [1.54, 1.807) is 27.8 Å². The summed E-state index contributed by atoms with van der Waals surface area (Å²) in [6.45, 7) is 0. The molecule has 10 rings (SSSR count). The Labute approximate surface area is 325 Å². The smallest absolute Gasteiger partial charge is 0.0540 e. The second-order valence-corrected chi connectivity index (χ2v) is 15.3. The summed E-state index contributed by atoms with van der Waals surface area (Å²) in [5, 5.41) is 2.61. The zero-order chi connectivity index (χ0) is 36.6. The van der Waals surface area contributed by atoms with Crippen molar-refractivity contribution in [3.8, 4) is 44.5 Å². The Morgan fingerprint density at radius 2 is 0.673 bits per heavy atom. The van der Waals surface area contributed by atoms with Crippen LogP contribution in [0.1, 0.15) is 47.9 Å². The third kappa shape index (κ3) is 6.15. The van der Waals surface area contributed by atoms with Gasteiger partial charge in [0.1, 0.15) is 0 Å². The molecule has 0 N–H and O–H groups in total. The zero-order valence-corrected chi connectivity index (χ0v) is 31.3. The molecule has 266 valence electrons. The molecule has 0 aromatic heterocycles. The third-order valence-corrected chi connectivity index (χ3v) is 12.1. The van der Waals surface area contributed by atoms with Gasteiger partial charge in [0.15, 0.2) is 0 Å². The zero-order valence-electron chi connectivity index (χ0n) is 31.3. The fraction of sp³-hybridized carbons (Fsp3) is 0.148. The lowest BCUT2D eigenvalue weighted by Crippen LogP contribution is -2.16. The predicted molar refractivity (Wildman–Crippen MR) is 234 cm³/mol. The fourth-order valence-corrected chi connectivity index (χ4v) is 9.55. The van der Waals surface area contributed by atoms with Crippen LogP contribution in [0.4, 0.5) is 17.1 Å². The molecule has 0 unspecified atom stereocenters. The van der Waals surface area contributed by atoms with Crippen molar-refractivity contribution < 1.29 is 0 Å². The minimum Gasteiger partial charge on any atom is -0.310 e. The molecule has 8 aromatic carbocycles. The molecule has 0 aliphatic heterocycles. The molecule has 0 spiro atoms. The lowest BCUT2D eigenvalue weighted by molar-refractivity contribution is 0.663. The molecule has 0 radical (unpaired) electrons. The Bertz CT molecular complexity index is 2480. The van der Waals surface area contributed by atoms with Crippen molar-refractivity contribution in [2.45, 2.75) is 51.4 Å². The Morgan fingerprint density at radius 1 is 0.291 bits per heavy atom. The van der Waals surface area contributed by atoms with Crippen LogP contribution in [0.15, 0.2) is 176 Å². The number of rotatable bonds is 7. The first kappa shape index (κ1) is 33.4. The molecule has 2 aliphatic rings. The molecule has 0 atom stereocenters. The normalized spacial score (nSPS) is 13.6. The van der Waals surface area contributed by atoms with Crippen molar-refractivity contribution in [2.24, 2.45) is 0 Å². The molecule has 0 amide bonds. The second kappa shape index (κ2) is 14.6. The lowest BCUT2D eigenvalue weighted by Gasteiger charge is -2.33. The predicted octanol–water partition coefficient (Wildman–Crippen LogP) is 14.7. The van der Waals surface area contributed by atoms with Gasteiger partial charge >= 0.3 is 0 Å². The van der Waals surface area contributed by atoms with Crippen LogP contribution in [-0.2, 0) is 25.7 Å². The van der Waals surface area contributed by atoms with Crippen molar-refractivity contribution in [1.82, 2.24) is 0 Å². The van der Waals surface area contributed by atoms with Gasteiger partial charge in [-0.1, -0.05) is 146 Å². The molecular weight excluding hydrogens is 663 g/mol. The summed E-state index contributed by atoms with van der Waals surface area (Å²) in [4.78, 5) is 2.46. The first-order valence-electron chi connectivity index (χ1n) is 20.2. The van der Waals surface area contributed by atoms with Gasteiger partial charge in [-0.05, 0) is 154 Å². The third-order valence-electron chi connectivity index (χ3n) is 12.1. The van der Waals surface area contributed by atoms with Gasteiger partial charge < -0.3 is 4.90 Å². The molecule has 0 saturated heterocycles. The van der Waals surface area contributed by atoms with E-state index in [0.29, 0.717) is 0 Å². The molecule has 2 aliphatic carbocycles. The number of anilines is 3. The Kier molecular flexibility index (Phi) is 8.85. The maximum Gasteiger partial charge on any atom is 0.0540 e. The summed E-state index contributed by atoms with van der Waals surface area (Å²) in [5.74, 6) is 0. The van der Waals surface area contributed by atoms with E-state index in [2.05, 4.69) is 181 Å². The van der Waals surface area contributed by atoms with Gasteiger partial charge in [-0.2, -0.15) is 0 Å². The van der Waals surface area contributed by atoms with Crippen molar-refractivity contribution >= 4 is 27.8 Å². The highest BCUT2D eigenvalue weighted by molar-refractivity contribution is 6.07. The Balaban J connectivity index is 1.17. The van der Waals surface area contributed by atoms with Crippen LogP contribution in [0, 0.1) is 0 Å². The second-order valence-electron chi connectivity index (χ2n) is 15.3. The molecular formula is C54H45N. The van der Waals surface area contributed by atoms with E-state index in [1.807, 2.05) is 0 Å².